The second kappa shape index (κ2) is 7.71. The number of aromatic nitrogens is 2. The third-order valence-electron chi connectivity index (χ3n) is 3.15. The average molecular weight is 373 g/mol. The number of hydrogen-bond donors (Lipinski definition) is 1. The molecule has 2 rings (SSSR count). The Morgan fingerprint density at radius 1 is 1.30 bits per heavy atom. The van der Waals surface area contributed by atoms with Gasteiger partial charge in [0, 0.05) is 14.9 Å². The number of imidazole rings is 1. The van der Waals surface area contributed by atoms with E-state index in [1.165, 1.54) is 18.7 Å². The summed E-state index contributed by atoms with van der Waals surface area (Å²) in [5.74, 6) is 0.642. The predicted molar refractivity (Wildman–Crippen MR) is 93.5 cm³/mol. The quantitative estimate of drug-likeness (QED) is 0.807. The van der Waals surface area contributed by atoms with Crippen molar-refractivity contribution in [1.29, 1.82) is 0 Å². The van der Waals surface area contributed by atoms with Gasteiger partial charge < -0.3 is 9.67 Å². The summed E-state index contributed by atoms with van der Waals surface area (Å²) in [7, 11) is 0. The number of carbonyl (C=O) groups is 1. The van der Waals surface area contributed by atoms with Gasteiger partial charge in [0.05, 0.1) is 12.2 Å². The van der Waals surface area contributed by atoms with Gasteiger partial charge in [-0.3, -0.25) is 4.79 Å². The minimum atomic E-state index is -0.218. The van der Waals surface area contributed by atoms with Crippen LogP contribution in [0.2, 0.25) is 10.0 Å². The van der Waals surface area contributed by atoms with E-state index >= 15 is 0 Å². The number of carbonyl (C=O) groups excluding carboxylic acids is 1. The normalized spacial score (nSPS) is 11.3. The fourth-order valence-corrected chi connectivity index (χ4v) is 4.11. The van der Waals surface area contributed by atoms with Crippen molar-refractivity contribution in [3.63, 3.8) is 0 Å². The molecule has 0 unspecified atom stereocenters. The van der Waals surface area contributed by atoms with Crippen molar-refractivity contribution in [2.75, 3.05) is 0 Å². The molecule has 4 nitrogen and oxygen atoms in total. The summed E-state index contributed by atoms with van der Waals surface area (Å²) in [6.07, 6.45) is 0. The summed E-state index contributed by atoms with van der Waals surface area (Å²) in [6, 6.07) is 5.29. The molecule has 1 N–H and O–H groups in total. The summed E-state index contributed by atoms with van der Waals surface area (Å²) in [6.45, 7) is 5.52. The molecule has 0 atom stereocenters. The van der Waals surface area contributed by atoms with Crippen molar-refractivity contribution in [3.8, 4) is 0 Å². The van der Waals surface area contributed by atoms with Crippen LogP contribution in [0, 0.1) is 0 Å². The van der Waals surface area contributed by atoms with E-state index in [4.69, 9.17) is 23.2 Å². The number of Topliss-reactive ketones (excluding diaryl/α,β-unsaturated/α-hetero) is 1. The van der Waals surface area contributed by atoms with E-state index in [1.54, 1.807) is 10.6 Å². The van der Waals surface area contributed by atoms with Gasteiger partial charge in [0.1, 0.15) is 23.2 Å². The molecule has 0 bridgehead atoms. The Labute approximate surface area is 149 Å². The highest BCUT2D eigenvalue weighted by Crippen LogP contribution is 2.37. The molecule has 1 aromatic carbocycles. The van der Waals surface area contributed by atoms with Gasteiger partial charge >= 0.3 is 0 Å². The summed E-state index contributed by atoms with van der Waals surface area (Å²) in [5, 5.41) is 11.5. The third kappa shape index (κ3) is 4.51. The molecule has 2 aromatic rings. The van der Waals surface area contributed by atoms with E-state index in [2.05, 4.69) is 4.98 Å². The molecular formula is C16H18Cl2N2O2S. The largest absolute Gasteiger partial charge is 0.388 e. The molecule has 1 aromatic heterocycles. The zero-order valence-corrected chi connectivity index (χ0v) is 15.5. The highest BCUT2D eigenvalue weighted by atomic mass is 35.5. The number of rotatable bonds is 6. The Morgan fingerprint density at radius 2 is 1.91 bits per heavy atom. The number of aliphatic hydroxyl groups excluding tert-OH is 1. The maximum absolute atomic E-state index is 11.6. The van der Waals surface area contributed by atoms with Crippen LogP contribution >= 0.6 is 35.0 Å². The van der Waals surface area contributed by atoms with Gasteiger partial charge in [-0.1, -0.05) is 48.8 Å². The number of halogens is 2. The topological polar surface area (TPSA) is 55.1 Å². The molecule has 0 amide bonds. The van der Waals surface area contributed by atoms with Crippen LogP contribution in [0.25, 0.3) is 0 Å². The fraction of sp³-hybridized carbons (Fsp3) is 0.375. The van der Waals surface area contributed by atoms with Gasteiger partial charge in [-0.15, -0.1) is 0 Å². The molecule has 23 heavy (non-hydrogen) atoms. The maximum Gasteiger partial charge on any atom is 0.149 e. The average Bonchev–Trinajstić information content (AvgIpc) is 2.75. The molecule has 0 aliphatic rings. The predicted octanol–water partition coefficient (Wildman–Crippen LogP) is 4.55. The van der Waals surface area contributed by atoms with Crippen molar-refractivity contribution in [3.05, 3.63) is 39.8 Å². The van der Waals surface area contributed by atoms with Crippen LogP contribution < -0.4 is 0 Å². The van der Waals surface area contributed by atoms with Crippen LogP contribution in [0.4, 0.5) is 0 Å². The van der Waals surface area contributed by atoms with Crippen molar-refractivity contribution in [1.82, 2.24) is 9.55 Å². The monoisotopic (exact) mass is 372 g/mol. The Bertz CT molecular complexity index is 709. The summed E-state index contributed by atoms with van der Waals surface area (Å²) in [5.41, 5.74) is 0.844. The van der Waals surface area contributed by atoms with Gasteiger partial charge in [-0.05, 0) is 31.0 Å². The number of hydrogen-bond acceptors (Lipinski definition) is 4. The minimum Gasteiger partial charge on any atom is -0.388 e. The van der Waals surface area contributed by atoms with Crippen LogP contribution in [-0.2, 0) is 17.9 Å². The highest BCUT2D eigenvalue weighted by molar-refractivity contribution is 7.99. The minimum absolute atomic E-state index is 0.00150. The molecule has 0 saturated carbocycles. The Balaban J connectivity index is 2.53. The second-order valence-corrected chi connectivity index (χ2v) is 7.46. The van der Waals surface area contributed by atoms with Crippen molar-refractivity contribution in [2.24, 2.45) is 0 Å². The standard InChI is InChI=1S/C16H18Cl2N2O2S/c1-9(2)15-16(20(7-10(3)22)14(8-21)19-15)23-13-5-11(17)4-12(18)6-13/h4-6,9,21H,7-8H2,1-3H3. The second-order valence-electron chi connectivity index (χ2n) is 5.53. The lowest BCUT2D eigenvalue weighted by Gasteiger charge is -2.12. The van der Waals surface area contributed by atoms with E-state index in [0.717, 1.165) is 15.6 Å². The molecule has 0 saturated heterocycles. The van der Waals surface area contributed by atoms with E-state index in [0.29, 0.717) is 15.9 Å². The molecule has 0 spiro atoms. The van der Waals surface area contributed by atoms with Crippen molar-refractivity contribution >= 4 is 40.7 Å². The molecule has 0 aliphatic heterocycles. The third-order valence-corrected chi connectivity index (χ3v) is 4.68. The highest BCUT2D eigenvalue weighted by Gasteiger charge is 2.21. The summed E-state index contributed by atoms with van der Waals surface area (Å²) < 4.78 is 1.76. The molecule has 1 heterocycles. The first-order valence-corrected chi connectivity index (χ1v) is 8.72. The van der Waals surface area contributed by atoms with E-state index in [9.17, 15) is 9.90 Å². The number of nitrogens with zero attached hydrogens (tertiary/aromatic N) is 2. The van der Waals surface area contributed by atoms with Crippen LogP contribution in [0.15, 0.2) is 28.1 Å². The van der Waals surface area contributed by atoms with Gasteiger partial charge in [-0.2, -0.15) is 0 Å². The van der Waals surface area contributed by atoms with Gasteiger partial charge in [0.2, 0.25) is 0 Å². The molecule has 0 aliphatic carbocycles. The lowest BCUT2D eigenvalue weighted by atomic mass is 10.1. The Morgan fingerprint density at radius 3 is 2.39 bits per heavy atom. The van der Waals surface area contributed by atoms with Gasteiger partial charge in [-0.25, -0.2) is 4.98 Å². The maximum atomic E-state index is 11.6. The first kappa shape index (κ1) is 18.3. The first-order chi connectivity index (χ1) is 10.8. The lowest BCUT2D eigenvalue weighted by molar-refractivity contribution is -0.117. The van der Waals surface area contributed by atoms with Crippen LogP contribution in [0.3, 0.4) is 0 Å². The smallest absolute Gasteiger partial charge is 0.149 e. The molecule has 0 radical (unpaired) electrons. The summed E-state index contributed by atoms with van der Waals surface area (Å²) >= 11 is 13.6. The SMILES string of the molecule is CC(=O)Cn1c(CO)nc(C(C)C)c1Sc1cc(Cl)cc(Cl)c1. The van der Waals surface area contributed by atoms with Gasteiger partial charge in [0.25, 0.3) is 0 Å². The van der Waals surface area contributed by atoms with E-state index < -0.39 is 0 Å². The molecule has 7 heteroatoms. The first-order valence-electron chi connectivity index (χ1n) is 7.15. The van der Waals surface area contributed by atoms with Crippen LogP contribution in [0.1, 0.15) is 38.2 Å². The molecule has 124 valence electrons. The van der Waals surface area contributed by atoms with E-state index in [1.807, 2.05) is 26.0 Å². The zero-order valence-electron chi connectivity index (χ0n) is 13.1. The Kier molecular flexibility index (Phi) is 6.14. The lowest BCUT2D eigenvalue weighted by Crippen LogP contribution is -2.11. The van der Waals surface area contributed by atoms with Gasteiger partial charge in [0.15, 0.2) is 0 Å². The molecular weight excluding hydrogens is 355 g/mol. The summed E-state index contributed by atoms with van der Waals surface area (Å²) in [4.78, 5) is 16.9. The number of ketones is 1. The zero-order chi connectivity index (χ0) is 17.1. The Hall–Kier alpha value is -1.01. The number of benzene rings is 1. The number of aliphatic hydroxyl groups is 1. The van der Waals surface area contributed by atoms with Crippen molar-refractivity contribution < 1.29 is 9.90 Å². The van der Waals surface area contributed by atoms with E-state index in [-0.39, 0.29) is 24.9 Å². The van der Waals surface area contributed by atoms with Crippen LogP contribution in [-0.4, -0.2) is 20.4 Å². The fourth-order valence-electron chi connectivity index (χ4n) is 2.19. The molecule has 0 fully saturated rings. The van der Waals surface area contributed by atoms with Crippen molar-refractivity contribution in [2.45, 2.75) is 49.8 Å². The van der Waals surface area contributed by atoms with Crippen LogP contribution in [0.5, 0.6) is 0 Å².